The molecule has 2 aliphatic rings. The number of rotatable bonds is 9. The average molecular weight is 554 g/mol. The molecule has 208 valence electrons. The second kappa shape index (κ2) is 11.5. The molecule has 0 radical (unpaired) electrons. The molecule has 1 aromatic heterocycles. The smallest absolute Gasteiger partial charge is 0.319 e. The fourth-order valence-corrected chi connectivity index (χ4v) is 6.98. The number of nitrogens with zero attached hydrogens (tertiary/aromatic N) is 3. The first-order valence-electron chi connectivity index (χ1n) is 13.2. The summed E-state index contributed by atoms with van der Waals surface area (Å²) in [5, 5.41) is 14.2. The zero-order valence-corrected chi connectivity index (χ0v) is 22.7. The largest absolute Gasteiger partial charge is 0.395 e. The molecule has 2 fully saturated rings. The van der Waals surface area contributed by atoms with Crippen molar-refractivity contribution < 1.29 is 23.7 Å². The number of hydrogen-bond donors (Lipinski definition) is 5. The van der Waals surface area contributed by atoms with E-state index >= 15 is 0 Å². The van der Waals surface area contributed by atoms with Crippen molar-refractivity contribution in [2.24, 2.45) is 0 Å². The van der Waals surface area contributed by atoms with Crippen LogP contribution >= 0.6 is 10.6 Å². The van der Waals surface area contributed by atoms with Crippen molar-refractivity contribution >= 4 is 28.1 Å². The third-order valence-electron chi connectivity index (χ3n) is 7.29. The van der Waals surface area contributed by atoms with E-state index in [0.717, 1.165) is 17.8 Å². The van der Waals surface area contributed by atoms with Gasteiger partial charge in [0, 0.05) is 30.4 Å². The highest BCUT2D eigenvalue weighted by molar-refractivity contribution is 8.25. The van der Waals surface area contributed by atoms with E-state index in [0.29, 0.717) is 54.7 Å². The van der Waals surface area contributed by atoms with Crippen LogP contribution in [-0.4, -0.2) is 69.2 Å². The summed E-state index contributed by atoms with van der Waals surface area (Å²) in [5.41, 5.74) is 1.95. The number of nitrogens with one attached hydrogen (secondary N) is 2. The number of benzene rings is 2. The Morgan fingerprint density at radius 3 is 2.54 bits per heavy atom. The van der Waals surface area contributed by atoms with Crippen LogP contribution in [0.1, 0.15) is 31.9 Å². The molecule has 3 aromatic rings. The SMILES string of the molecule is CC[C@H]1COCCN1c1cc(C2(S(O)(O)c3ccccc3)CC2)nc(-c2ccc(NC(=O)NCCO)cc2)n1. The van der Waals surface area contributed by atoms with Gasteiger partial charge in [-0.15, -0.1) is 0 Å². The molecule has 2 heterocycles. The fraction of sp³-hybridized carbons (Fsp3) is 0.393. The van der Waals surface area contributed by atoms with Crippen molar-refractivity contribution in [3.05, 3.63) is 66.4 Å². The molecular formula is C28H35N5O5S. The number of amides is 2. The number of carbonyl (C=O) groups excluding carboxylic acids is 1. The number of aliphatic hydroxyl groups excluding tert-OH is 1. The Balaban J connectivity index is 1.53. The number of aliphatic hydroxyl groups is 1. The third kappa shape index (κ3) is 5.59. The molecule has 1 atom stereocenters. The molecule has 11 heteroatoms. The van der Waals surface area contributed by atoms with Gasteiger partial charge in [-0.1, -0.05) is 25.1 Å². The molecule has 1 aliphatic carbocycles. The lowest BCUT2D eigenvalue weighted by Crippen LogP contribution is -2.45. The van der Waals surface area contributed by atoms with E-state index in [1.54, 1.807) is 24.3 Å². The van der Waals surface area contributed by atoms with Gasteiger partial charge in [0.05, 0.1) is 36.5 Å². The maximum absolute atomic E-state index is 12.0. The summed E-state index contributed by atoms with van der Waals surface area (Å²) >= 11 is 0. The van der Waals surface area contributed by atoms with E-state index in [4.69, 9.17) is 19.8 Å². The van der Waals surface area contributed by atoms with Crippen LogP contribution in [-0.2, 0) is 9.48 Å². The standard InChI is InChI=1S/C28H35N5O5S/c1-2-22-19-38-17-15-33(22)25-18-24(28(12-13-28)39(36,37)23-6-4-3-5-7-23)31-26(32-25)20-8-10-21(11-9-20)30-27(35)29-14-16-34/h3-11,18,22,34,36-37H,2,12-17,19H2,1H3,(H2,29,30,35)/t22-/m0/s1. The van der Waals surface area contributed by atoms with Gasteiger partial charge in [-0.3, -0.25) is 9.11 Å². The third-order valence-corrected chi connectivity index (χ3v) is 9.93. The number of carbonyl (C=O) groups is 1. The van der Waals surface area contributed by atoms with Gasteiger partial charge in [-0.05, 0) is 55.7 Å². The minimum atomic E-state index is -3.18. The Labute approximate surface area is 229 Å². The topological polar surface area (TPSA) is 140 Å². The average Bonchev–Trinajstić information content (AvgIpc) is 3.80. The van der Waals surface area contributed by atoms with E-state index in [2.05, 4.69) is 22.5 Å². The number of anilines is 2. The molecule has 1 saturated heterocycles. The van der Waals surface area contributed by atoms with Gasteiger partial charge >= 0.3 is 6.03 Å². The van der Waals surface area contributed by atoms with Gasteiger partial charge < -0.3 is 25.4 Å². The van der Waals surface area contributed by atoms with Crippen molar-refractivity contribution in [2.45, 2.75) is 41.9 Å². The quantitative estimate of drug-likeness (QED) is 0.258. The van der Waals surface area contributed by atoms with E-state index in [1.165, 1.54) is 0 Å². The zero-order chi connectivity index (χ0) is 27.5. The lowest BCUT2D eigenvalue weighted by atomic mass is 10.1. The molecule has 5 N–H and O–H groups in total. The van der Waals surface area contributed by atoms with Crippen molar-refractivity contribution in [3.8, 4) is 11.4 Å². The molecule has 2 aromatic carbocycles. The highest BCUT2D eigenvalue weighted by atomic mass is 32.3. The summed E-state index contributed by atoms with van der Waals surface area (Å²) in [4.78, 5) is 24.5. The second-order valence-electron chi connectivity index (χ2n) is 9.80. The molecule has 0 spiro atoms. The van der Waals surface area contributed by atoms with Crippen LogP contribution in [0.3, 0.4) is 0 Å². The minimum Gasteiger partial charge on any atom is -0.395 e. The fourth-order valence-electron chi connectivity index (χ4n) is 4.92. The molecule has 1 saturated carbocycles. The van der Waals surface area contributed by atoms with Gasteiger partial charge in [0.1, 0.15) is 10.6 Å². The van der Waals surface area contributed by atoms with Gasteiger partial charge in [-0.25, -0.2) is 14.8 Å². The first-order chi connectivity index (χ1) is 18.9. The summed E-state index contributed by atoms with van der Waals surface area (Å²) < 4.78 is 28.0. The predicted octanol–water partition coefficient (Wildman–Crippen LogP) is 4.67. The van der Waals surface area contributed by atoms with Gasteiger partial charge in [0.2, 0.25) is 0 Å². The van der Waals surface area contributed by atoms with Crippen LogP contribution in [0.15, 0.2) is 65.6 Å². The summed E-state index contributed by atoms with van der Waals surface area (Å²) in [6.45, 7) is 4.02. The summed E-state index contributed by atoms with van der Waals surface area (Å²) in [7, 11) is -3.18. The van der Waals surface area contributed by atoms with E-state index in [1.807, 2.05) is 36.4 Å². The van der Waals surface area contributed by atoms with Gasteiger partial charge in [0.25, 0.3) is 0 Å². The summed E-state index contributed by atoms with van der Waals surface area (Å²) in [6.07, 6.45) is 2.12. The highest BCUT2D eigenvalue weighted by Gasteiger charge is 2.57. The number of hydrogen-bond acceptors (Lipinski definition) is 8. The van der Waals surface area contributed by atoms with E-state index in [9.17, 15) is 13.9 Å². The first kappa shape index (κ1) is 27.4. The maximum Gasteiger partial charge on any atom is 0.319 e. The van der Waals surface area contributed by atoms with Gasteiger partial charge in [0.15, 0.2) is 5.82 Å². The van der Waals surface area contributed by atoms with Crippen molar-refractivity contribution in [1.82, 2.24) is 15.3 Å². The van der Waals surface area contributed by atoms with Crippen LogP contribution in [0.2, 0.25) is 0 Å². The Morgan fingerprint density at radius 2 is 1.87 bits per heavy atom. The second-order valence-corrected chi connectivity index (χ2v) is 12.2. The molecule has 0 bridgehead atoms. The molecule has 5 rings (SSSR count). The first-order valence-corrected chi connectivity index (χ1v) is 14.8. The van der Waals surface area contributed by atoms with E-state index < -0.39 is 21.4 Å². The van der Waals surface area contributed by atoms with Crippen LogP contribution in [0.5, 0.6) is 0 Å². The maximum atomic E-state index is 12.0. The number of morpholine rings is 1. The monoisotopic (exact) mass is 553 g/mol. The Kier molecular flexibility index (Phi) is 8.06. The normalized spacial score (nSPS) is 18.9. The molecule has 2 amide bonds. The Bertz CT molecular complexity index is 1290. The van der Waals surface area contributed by atoms with Crippen molar-refractivity contribution in [2.75, 3.05) is 43.1 Å². The molecular weight excluding hydrogens is 518 g/mol. The summed E-state index contributed by atoms with van der Waals surface area (Å²) in [6, 6.07) is 17.9. The predicted molar refractivity (Wildman–Crippen MR) is 152 cm³/mol. The minimum absolute atomic E-state index is 0.138. The number of ether oxygens (including phenoxy) is 1. The Hall–Kier alpha value is -3.22. The number of aromatic nitrogens is 2. The molecule has 0 unspecified atom stereocenters. The van der Waals surface area contributed by atoms with Crippen LogP contribution in [0.25, 0.3) is 11.4 Å². The lowest BCUT2D eigenvalue weighted by molar-refractivity contribution is 0.0925. The van der Waals surface area contributed by atoms with Crippen LogP contribution < -0.4 is 15.5 Å². The molecule has 39 heavy (non-hydrogen) atoms. The highest BCUT2D eigenvalue weighted by Crippen LogP contribution is 2.75. The summed E-state index contributed by atoms with van der Waals surface area (Å²) in [5.74, 6) is 1.22. The zero-order valence-electron chi connectivity index (χ0n) is 21.9. The van der Waals surface area contributed by atoms with Crippen LogP contribution in [0, 0.1) is 0 Å². The van der Waals surface area contributed by atoms with Crippen LogP contribution in [0.4, 0.5) is 16.3 Å². The molecule has 1 aliphatic heterocycles. The van der Waals surface area contributed by atoms with E-state index in [-0.39, 0.29) is 19.2 Å². The molecule has 10 nitrogen and oxygen atoms in total. The van der Waals surface area contributed by atoms with Gasteiger partial charge in [-0.2, -0.15) is 10.6 Å². The number of urea groups is 1. The van der Waals surface area contributed by atoms with Crippen molar-refractivity contribution in [1.29, 1.82) is 0 Å². The Morgan fingerprint density at radius 1 is 1.13 bits per heavy atom. The van der Waals surface area contributed by atoms with Crippen molar-refractivity contribution in [3.63, 3.8) is 0 Å². The lowest BCUT2D eigenvalue weighted by Gasteiger charge is -2.41.